The molecule has 8 nitrogen and oxygen atoms in total. The molecule has 0 spiro atoms. The SMILES string of the molecule is CCOc1ccc(-c2noc(-c3nn(-c4cccc(C)c4)c(=O)c4ccccc34)n2)cc1OC. The van der Waals surface area contributed by atoms with Gasteiger partial charge in [0.25, 0.3) is 11.4 Å². The lowest BCUT2D eigenvalue weighted by atomic mass is 10.1. The third-order valence-corrected chi connectivity index (χ3v) is 5.40. The van der Waals surface area contributed by atoms with Gasteiger partial charge < -0.3 is 14.0 Å². The monoisotopic (exact) mass is 454 g/mol. The normalized spacial score (nSPS) is 11.0. The third-order valence-electron chi connectivity index (χ3n) is 5.40. The van der Waals surface area contributed by atoms with Crippen LogP contribution in [-0.4, -0.2) is 33.6 Å². The number of aryl methyl sites for hydroxylation is 1. The maximum absolute atomic E-state index is 13.2. The highest BCUT2D eigenvalue weighted by Crippen LogP contribution is 2.33. The molecule has 5 aromatic rings. The van der Waals surface area contributed by atoms with Crippen LogP contribution >= 0.6 is 0 Å². The summed E-state index contributed by atoms with van der Waals surface area (Å²) in [5.74, 6) is 1.79. The van der Waals surface area contributed by atoms with Crippen LogP contribution in [0.2, 0.25) is 0 Å². The van der Waals surface area contributed by atoms with Crippen LogP contribution in [0.4, 0.5) is 0 Å². The van der Waals surface area contributed by atoms with Crippen LogP contribution in [0.3, 0.4) is 0 Å². The minimum absolute atomic E-state index is 0.209. The van der Waals surface area contributed by atoms with E-state index in [9.17, 15) is 4.79 Å². The van der Waals surface area contributed by atoms with Crippen molar-refractivity contribution in [3.05, 3.63) is 82.6 Å². The van der Waals surface area contributed by atoms with Gasteiger partial charge in [0.05, 0.1) is 24.8 Å². The minimum Gasteiger partial charge on any atom is -0.493 e. The maximum Gasteiger partial charge on any atom is 0.279 e. The van der Waals surface area contributed by atoms with Crippen LogP contribution in [0.1, 0.15) is 12.5 Å². The van der Waals surface area contributed by atoms with Gasteiger partial charge in [-0.05, 0) is 55.8 Å². The molecular formula is C26H22N4O4. The smallest absolute Gasteiger partial charge is 0.279 e. The summed E-state index contributed by atoms with van der Waals surface area (Å²) < 4.78 is 18.0. The molecule has 0 saturated heterocycles. The summed E-state index contributed by atoms with van der Waals surface area (Å²) >= 11 is 0. The number of nitrogens with zero attached hydrogens (tertiary/aromatic N) is 4. The summed E-state index contributed by atoms with van der Waals surface area (Å²) in [6.07, 6.45) is 0. The number of hydrogen-bond donors (Lipinski definition) is 0. The highest BCUT2D eigenvalue weighted by atomic mass is 16.5. The lowest BCUT2D eigenvalue weighted by molar-refractivity contribution is 0.311. The molecule has 34 heavy (non-hydrogen) atoms. The molecule has 2 aromatic heterocycles. The van der Waals surface area contributed by atoms with E-state index >= 15 is 0 Å². The van der Waals surface area contributed by atoms with E-state index in [4.69, 9.17) is 14.0 Å². The van der Waals surface area contributed by atoms with Crippen molar-refractivity contribution in [2.24, 2.45) is 0 Å². The Balaban J connectivity index is 1.65. The Labute approximate surface area is 195 Å². The maximum atomic E-state index is 13.2. The summed E-state index contributed by atoms with van der Waals surface area (Å²) in [6, 6.07) is 20.3. The second kappa shape index (κ2) is 8.82. The molecule has 2 heterocycles. The van der Waals surface area contributed by atoms with E-state index < -0.39 is 0 Å². The van der Waals surface area contributed by atoms with Crippen molar-refractivity contribution in [2.75, 3.05) is 13.7 Å². The Morgan fingerprint density at radius 1 is 0.971 bits per heavy atom. The van der Waals surface area contributed by atoms with Gasteiger partial charge in [-0.15, -0.1) is 0 Å². The predicted octanol–water partition coefficient (Wildman–Crippen LogP) is 4.82. The van der Waals surface area contributed by atoms with Gasteiger partial charge >= 0.3 is 0 Å². The number of aromatic nitrogens is 4. The zero-order valence-corrected chi connectivity index (χ0v) is 19.0. The van der Waals surface area contributed by atoms with Crippen molar-refractivity contribution in [1.82, 2.24) is 19.9 Å². The van der Waals surface area contributed by atoms with E-state index in [0.717, 1.165) is 5.56 Å². The quantitative estimate of drug-likeness (QED) is 0.363. The van der Waals surface area contributed by atoms with Gasteiger partial charge in [-0.2, -0.15) is 14.8 Å². The van der Waals surface area contributed by atoms with Crippen LogP contribution < -0.4 is 15.0 Å². The molecule has 0 radical (unpaired) electrons. The van der Waals surface area contributed by atoms with E-state index in [0.29, 0.717) is 51.6 Å². The number of benzene rings is 3. The first-order valence-corrected chi connectivity index (χ1v) is 10.8. The molecule has 0 N–H and O–H groups in total. The van der Waals surface area contributed by atoms with Crippen LogP contribution in [0, 0.1) is 6.92 Å². The molecule has 8 heteroatoms. The molecule has 0 fully saturated rings. The first-order valence-electron chi connectivity index (χ1n) is 10.8. The zero-order chi connectivity index (χ0) is 23.7. The molecular weight excluding hydrogens is 432 g/mol. The molecule has 0 aliphatic rings. The lowest BCUT2D eigenvalue weighted by Gasteiger charge is -2.10. The standard InChI is InChI=1S/C26H22N4O4/c1-4-33-21-13-12-17(15-22(21)32-3)24-27-25(34-29-24)23-19-10-5-6-11-20(19)26(31)30(28-23)18-9-7-8-16(2)14-18/h5-15H,4H2,1-3H3. The molecule has 0 aliphatic carbocycles. The Bertz CT molecular complexity index is 1550. The van der Waals surface area contributed by atoms with E-state index in [1.54, 1.807) is 25.3 Å². The lowest BCUT2D eigenvalue weighted by Crippen LogP contribution is -2.22. The first kappa shape index (κ1) is 21.4. The van der Waals surface area contributed by atoms with E-state index in [2.05, 4.69) is 15.2 Å². The fourth-order valence-electron chi connectivity index (χ4n) is 3.80. The number of ether oxygens (including phenoxy) is 2. The van der Waals surface area contributed by atoms with Gasteiger partial charge in [0.15, 0.2) is 17.2 Å². The molecule has 0 atom stereocenters. The fourth-order valence-corrected chi connectivity index (χ4v) is 3.80. The molecule has 0 bridgehead atoms. The summed E-state index contributed by atoms with van der Waals surface area (Å²) in [6.45, 7) is 4.40. The summed E-state index contributed by atoms with van der Waals surface area (Å²) in [5, 5.41) is 9.92. The van der Waals surface area contributed by atoms with Crippen molar-refractivity contribution >= 4 is 10.8 Å². The third kappa shape index (κ3) is 3.79. The Hall–Kier alpha value is -4.46. The molecule has 0 aliphatic heterocycles. The molecule has 0 saturated carbocycles. The van der Waals surface area contributed by atoms with Gasteiger partial charge in [0, 0.05) is 10.9 Å². The average Bonchev–Trinajstić information content (AvgIpc) is 3.35. The van der Waals surface area contributed by atoms with Gasteiger partial charge in [-0.1, -0.05) is 35.5 Å². The van der Waals surface area contributed by atoms with Gasteiger partial charge in [-0.25, -0.2) is 0 Å². The Morgan fingerprint density at radius 2 is 1.79 bits per heavy atom. The average molecular weight is 454 g/mol. The first-order chi connectivity index (χ1) is 16.6. The van der Waals surface area contributed by atoms with E-state index in [-0.39, 0.29) is 11.4 Å². The van der Waals surface area contributed by atoms with Gasteiger partial charge in [0.2, 0.25) is 5.82 Å². The van der Waals surface area contributed by atoms with E-state index in [1.165, 1.54) is 4.68 Å². The Kier molecular flexibility index (Phi) is 5.55. The van der Waals surface area contributed by atoms with Crippen molar-refractivity contribution in [1.29, 1.82) is 0 Å². The van der Waals surface area contributed by atoms with Crippen LogP contribution in [0.25, 0.3) is 39.4 Å². The minimum atomic E-state index is -0.221. The highest BCUT2D eigenvalue weighted by molar-refractivity contribution is 5.92. The van der Waals surface area contributed by atoms with Crippen molar-refractivity contribution in [3.8, 4) is 40.2 Å². The molecule has 170 valence electrons. The van der Waals surface area contributed by atoms with Crippen molar-refractivity contribution in [2.45, 2.75) is 13.8 Å². The topological polar surface area (TPSA) is 92.3 Å². The number of rotatable bonds is 6. The zero-order valence-electron chi connectivity index (χ0n) is 19.0. The van der Waals surface area contributed by atoms with Crippen LogP contribution in [-0.2, 0) is 0 Å². The van der Waals surface area contributed by atoms with Gasteiger partial charge in [0.1, 0.15) is 0 Å². The van der Waals surface area contributed by atoms with Crippen LogP contribution in [0.15, 0.2) is 76.0 Å². The number of fused-ring (bicyclic) bond motifs is 1. The highest BCUT2D eigenvalue weighted by Gasteiger charge is 2.19. The second-order valence-electron chi connectivity index (χ2n) is 7.67. The molecule has 5 rings (SSSR count). The van der Waals surface area contributed by atoms with Crippen molar-refractivity contribution < 1.29 is 14.0 Å². The largest absolute Gasteiger partial charge is 0.493 e. The second-order valence-corrected chi connectivity index (χ2v) is 7.67. The van der Waals surface area contributed by atoms with Gasteiger partial charge in [-0.3, -0.25) is 4.79 Å². The Morgan fingerprint density at radius 3 is 2.56 bits per heavy atom. The summed E-state index contributed by atoms with van der Waals surface area (Å²) in [5.41, 5.74) is 2.58. The fraction of sp³-hybridized carbons (Fsp3) is 0.154. The summed E-state index contributed by atoms with van der Waals surface area (Å²) in [7, 11) is 1.58. The van der Waals surface area contributed by atoms with E-state index in [1.807, 2.05) is 62.4 Å². The molecule has 0 unspecified atom stereocenters. The van der Waals surface area contributed by atoms with Crippen LogP contribution in [0.5, 0.6) is 11.5 Å². The molecule has 0 amide bonds. The number of methoxy groups -OCH3 is 1. The summed E-state index contributed by atoms with van der Waals surface area (Å²) in [4.78, 5) is 17.8. The van der Waals surface area contributed by atoms with Crippen molar-refractivity contribution in [3.63, 3.8) is 0 Å². The predicted molar refractivity (Wildman–Crippen MR) is 129 cm³/mol. The molecule has 3 aromatic carbocycles. The number of hydrogen-bond acceptors (Lipinski definition) is 7.